The van der Waals surface area contributed by atoms with E-state index >= 15 is 0 Å². The topological polar surface area (TPSA) is 32.3 Å². The van der Waals surface area contributed by atoms with Crippen LogP contribution in [0.15, 0.2) is 30.3 Å². The number of rotatable bonds is 6. The monoisotopic (exact) mass is 248 g/mol. The predicted octanol–water partition coefficient (Wildman–Crippen LogP) is 2.77. The Bertz CT molecular complexity index is 360. The minimum atomic E-state index is 0.155. The van der Waals surface area contributed by atoms with Crippen LogP contribution in [0, 0.1) is 0 Å². The van der Waals surface area contributed by atoms with Gasteiger partial charge in [-0.25, -0.2) is 5.43 Å². The second kappa shape index (κ2) is 7.17. The Morgan fingerprint density at radius 3 is 2.28 bits per heavy atom. The molecule has 0 aliphatic heterocycles. The van der Waals surface area contributed by atoms with Gasteiger partial charge in [0.15, 0.2) is 0 Å². The molecule has 0 aliphatic rings. The molecule has 0 unspecified atom stereocenters. The van der Waals surface area contributed by atoms with Gasteiger partial charge in [-0.3, -0.25) is 9.80 Å². The van der Waals surface area contributed by atoms with Gasteiger partial charge in [-0.2, -0.15) is 0 Å². The second-order valence-corrected chi connectivity index (χ2v) is 5.13. The van der Waals surface area contributed by atoms with Gasteiger partial charge >= 0.3 is 0 Å². The van der Waals surface area contributed by atoms with Crippen molar-refractivity contribution in [2.24, 2.45) is 0 Å². The summed E-state index contributed by atoms with van der Waals surface area (Å²) in [5.41, 5.74) is 4.41. The Kier molecular flexibility index (Phi) is 5.86. The van der Waals surface area contributed by atoms with Crippen molar-refractivity contribution in [1.82, 2.24) is 10.4 Å². The molecule has 3 nitrogen and oxygen atoms in total. The predicted molar refractivity (Wildman–Crippen MR) is 75.0 cm³/mol. The summed E-state index contributed by atoms with van der Waals surface area (Å²) in [6, 6.07) is 10.6. The molecule has 18 heavy (non-hydrogen) atoms. The fourth-order valence-electron chi connectivity index (χ4n) is 1.80. The Balaban J connectivity index is 2.52. The van der Waals surface area contributed by atoms with E-state index in [-0.39, 0.29) is 18.0 Å². The molecule has 3 heteroatoms. The molecule has 100 valence electrons. The fraction of sp³-hybridized carbons (Fsp3) is 0.533. The number of amides is 1. The second-order valence-electron chi connectivity index (χ2n) is 5.13. The molecule has 0 saturated carbocycles. The Hall–Kier alpha value is -1.35. The number of nitrogens with one attached hydrogen (secondary N) is 1. The summed E-state index contributed by atoms with van der Waals surface area (Å²) in [7, 11) is 0. The minimum absolute atomic E-state index is 0.155. The maximum atomic E-state index is 12.2. The van der Waals surface area contributed by atoms with Gasteiger partial charge in [0.05, 0.1) is 0 Å². The third kappa shape index (κ3) is 4.88. The van der Waals surface area contributed by atoms with Crippen molar-refractivity contribution in [2.75, 3.05) is 0 Å². The van der Waals surface area contributed by atoms with Gasteiger partial charge in [-0.05, 0) is 39.7 Å². The first-order valence-electron chi connectivity index (χ1n) is 6.63. The molecule has 0 radical (unpaired) electrons. The van der Waals surface area contributed by atoms with Crippen LogP contribution in [-0.4, -0.2) is 23.0 Å². The molecule has 0 bridgehead atoms. The number of hydrazine groups is 1. The third-order valence-electron chi connectivity index (χ3n) is 2.65. The standard InChI is InChI=1S/C15H24N2O/c1-12(2)16-17(13(3)4)15(18)11-10-14-8-6-5-7-9-14/h5-9,12-13,16H,10-11H2,1-4H3. The molecular formula is C15H24N2O. The van der Waals surface area contributed by atoms with Crippen molar-refractivity contribution in [3.05, 3.63) is 35.9 Å². The average molecular weight is 248 g/mol. The molecule has 0 saturated heterocycles. The lowest BCUT2D eigenvalue weighted by atomic mass is 10.1. The molecule has 1 aromatic carbocycles. The average Bonchev–Trinajstić information content (AvgIpc) is 2.34. The summed E-state index contributed by atoms with van der Waals surface area (Å²) in [4.78, 5) is 12.2. The highest BCUT2D eigenvalue weighted by Gasteiger charge is 2.17. The minimum Gasteiger partial charge on any atom is -0.275 e. The largest absolute Gasteiger partial charge is 0.275 e. The zero-order valence-corrected chi connectivity index (χ0v) is 11.8. The van der Waals surface area contributed by atoms with Crippen molar-refractivity contribution in [3.8, 4) is 0 Å². The van der Waals surface area contributed by atoms with Gasteiger partial charge in [0.25, 0.3) is 0 Å². The maximum absolute atomic E-state index is 12.2. The van der Waals surface area contributed by atoms with Gasteiger partial charge < -0.3 is 0 Å². The van der Waals surface area contributed by atoms with E-state index in [0.29, 0.717) is 6.42 Å². The summed E-state index contributed by atoms with van der Waals surface area (Å²) in [5, 5.41) is 1.74. The van der Waals surface area contributed by atoms with Gasteiger partial charge in [0.2, 0.25) is 5.91 Å². The first kappa shape index (κ1) is 14.7. The molecule has 0 heterocycles. The van der Waals surface area contributed by atoms with E-state index in [4.69, 9.17) is 0 Å². The number of hydrogen-bond acceptors (Lipinski definition) is 2. The van der Waals surface area contributed by atoms with Gasteiger partial charge in [0.1, 0.15) is 0 Å². The van der Waals surface area contributed by atoms with E-state index in [1.54, 1.807) is 5.01 Å². The van der Waals surface area contributed by atoms with Crippen molar-refractivity contribution in [3.63, 3.8) is 0 Å². The number of carbonyl (C=O) groups is 1. The highest BCUT2D eigenvalue weighted by Crippen LogP contribution is 2.06. The number of aryl methyl sites for hydroxylation is 1. The first-order valence-corrected chi connectivity index (χ1v) is 6.63. The van der Waals surface area contributed by atoms with Crippen LogP contribution in [0.25, 0.3) is 0 Å². The summed E-state index contributed by atoms with van der Waals surface area (Å²) >= 11 is 0. The van der Waals surface area contributed by atoms with Crippen LogP contribution in [0.2, 0.25) is 0 Å². The Morgan fingerprint density at radius 2 is 1.78 bits per heavy atom. The molecule has 0 fully saturated rings. The lowest BCUT2D eigenvalue weighted by molar-refractivity contribution is -0.137. The van der Waals surface area contributed by atoms with Crippen LogP contribution in [0.5, 0.6) is 0 Å². The summed E-state index contributed by atoms with van der Waals surface area (Å²) in [5.74, 6) is 0.155. The highest BCUT2D eigenvalue weighted by atomic mass is 16.2. The number of hydrogen-bond donors (Lipinski definition) is 1. The lowest BCUT2D eigenvalue weighted by Crippen LogP contribution is -2.50. The zero-order valence-electron chi connectivity index (χ0n) is 11.8. The van der Waals surface area contributed by atoms with Crippen molar-refractivity contribution >= 4 is 5.91 Å². The smallest absolute Gasteiger partial charge is 0.237 e. The molecular weight excluding hydrogens is 224 g/mol. The first-order chi connectivity index (χ1) is 8.50. The number of carbonyl (C=O) groups excluding carboxylic acids is 1. The molecule has 0 aliphatic carbocycles. The van der Waals surface area contributed by atoms with Crippen molar-refractivity contribution < 1.29 is 4.79 Å². The van der Waals surface area contributed by atoms with E-state index in [1.165, 1.54) is 5.56 Å². The van der Waals surface area contributed by atoms with Gasteiger partial charge in [-0.1, -0.05) is 30.3 Å². The van der Waals surface area contributed by atoms with Crippen LogP contribution in [0.1, 0.15) is 39.7 Å². The number of benzene rings is 1. The summed E-state index contributed by atoms with van der Waals surface area (Å²) < 4.78 is 0. The van der Waals surface area contributed by atoms with Crippen LogP contribution in [0.4, 0.5) is 0 Å². The fourth-order valence-corrected chi connectivity index (χ4v) is 1.80. The maximum Gasteiger partial charge on any atom is 0.237 e. The number of nitrogens with zero attached hydrogens (tertiary/aromatic N) is 1. The van der Waals surface area contributed by atoms with E-state index in [1.807, 2.05) is 45.9 Å². The van der Waals surface area contributed by atoms with Gasteiger partial charge in [0, 0.05) is 18.5 Å². The molecule has 1 N–H and O–H groups in total. The van der Waals surface area contributed by atoms with Crippen molar-refractivity contribution in [2.45, 2.75) is 52.6 Å². The molecule has 1 amide bonds. The molecule has 0 spiro atoms. The van der Waals surface area contributed by atoms with Crippen molar-refractivity contribution in [1.29, 1.82) is 0 Å². The normalized spacial score (nSPS) is 11.0. The Labute approximate surface area is 110 Å². The zero-order chi connectivity index (χ0) is 13.5. The van der Waals surface area contributed by atoms with E-state index in [2.05, 4.69) is 17.6 Å². The van der Waals surface area contributed by atoms with Crippen LogP contribution in [0.3, 0.4) is 0 Å². The summed E-state index contributed by atoms with van der Waals surface area (Å²) in [6.45, 7) is 8.13. The van der Waals surface area contributed by atoms with E-state index < -0.39 is 0 Å². The molecule has 1 aromatic rings. The van der Waals surface area contributed by atoms with Gasteiger partial charge in [-0.15, -0.1) is 0 Å². The Morgan fingerprint density at radius 1 is 1.17 bits per heavy atom. The SMILES string of the molecule is CC(C)NN(C(=O)CCc1ccccc1)C(C)C. The van der Waals surface area contributed by atoms with E-state index in [9.17, 15) is 4.79 Å². The lowest BCUT2D eigenvalue weighted by Gasteiger charge is -2.29. The van der Waals surface area contributed by atoms with E-state index in [0.717, 1.165) is 6.42 Å². The van der Waals surface area contributed by atoms with Crippen LogP contribution in [-0.2, 0) is 11.2 Å². The van der Waals surface area contributed by atoms with Crippen LogP contribution < -0.4 is 5.43 Å². The third-order valence-corrected chi connectivity index (χ3v) is 2.65. The quantitative estimate of drug-likeness (QED) is 0.785. The molecule has 1 rings (SSSR count). The summed E-state index contributed by atoms with van der Waals surface area (Å²) in [6.07, 6.45) is 1.34. The molecule has 0 aromatic heterocycles. The van der Waals surface area contributed by atoms with Crippen LogP contribution >= 0.6 is 0 Å². The molecule has 0 atom stereocenters. The highest BCUT2D eigenvalue weighted by molar-refractivity contribution is 5.76.